The van der Waals surface area contributed by atoms with E-state index in [1.165, 1.54) is 20.0 Å². The molecule has 16 heavy (non-hydrogen) atoms. The van der Waals surface area contributed by atoms with Gasteiger partial charge in [-0.1, -0.05) is 0 Å². The van der Waals surface area contributed by atoms with Crippen molar-refractivity contribution in [2.45, 2.75) is 6.92 Å². The van der Waals surface area contributed by atoms with Gasteiger partial charge in [0.1, 0.15) is 6.54 Å². The van der Waals surface area contributed by atoms with Crippen molar-refractivity contribution in [1.82, 2.24) is 4.90 Å². The van der Waals surface area contributed by atoms with Crippen LogP contribution in [0.1, 0.15) is 27.0 Å². The fraction of sp³-hybridized carbons (Fsp3) is 0.300. The summed E-state index contributed by atoms with van der Waals surface area (Å²) in [6.45, 7) is 1.06. The van der Waals surface area contributed by atoms with Crippen LogP contribution in [0, 0.1) is 0 Å². The van der Waals surface area contributed by atoms with E-state index in [0.717, 1.165) is 16.2 Å². The topological polar surface area (TPSA) is 74.7 Å². The van der Waals surface area contributed by atoms with Gasteiger partial charge in [0.05, 0.1) is 4.88 Å². The molecule has 1 rings (SSSR count). The van der Waals surface area contributed by atoms with Gasteiger partial charge >= 0.3 is 5.97 Å². The zero-order chi connectivity index (χ0) is 12.3. The Hall–Kier alpha value is -1.69. The predicted octanol–water partition coefficient (Wildman–Crippen LogP) is 1.11. The van der Waals surface area contributed by atoms with Crippen molar-refractivity contribution in [2.24, 2.45) is 0 Å². The highest BCUT2D eigenvalue weighted by molar-refractivity contribution is 7.12. The Morgan fingerprint density at radius 2 is 2.06 bits per heavy atom. The molecule has 0 aliphatic heterocycles. The highest BCUT2D eigenvalue weighted by Crippen LogP contribution is 2.16. The third kappa shape index (κ3) is 2.90. The number of amides is 1. The number of aliphatic carboxylic acids is 1. The Balaban J connectivity index is 2.80. The number of carboxylic acids is 1. The lowest BCUT2D eigenvalue weighted by Gasteiger charge is -2.12. The largest absolute Gasteiger partial charge is 0.480 e. The van der Waals surface area contributed by atoms with Gasteiger partial charge in [0.15, 0.2) is 5.78 Å². The summed E-state index contributed by atoms with van der Waals surface area (Å²) in [7, 11) is 1.41. The number of hydrogen-bond donors (Lipinski definition) is 1. The van der Waals surface area contributed by atoms with Crippen LogP contribution in [-0.2, 0) is 4.79 Å². The zero-order valence-corrected chi connectivity index (χ0v) is 9.71. The Morgan fingerprint density at radius 3 is 2.50 bits per heavy atom. The second-order valence-electron chi connectivity index (χ2n) is 3.31. The molecule has 0 aliphatic carbocycles. The number of Topliss-reactive ketones (excluding diaryl/α,β-unsaturated/α-hetero) is 1. The average Bonchev–Trinajstić information content (AvgIpc) is 2.64. The zero-order valence-electron chi connectivity index (χ0n) is 8.89. The third-order valence-corrected chi connectivity index (χ3v) is 2.85. The molecule has 1 aromatic rings. The average molecular weight is 241 g/mol. The van der Waals surface area contributed by atoms with E-state index in [1.54, 1.807) is 5.38 Å². The first-order chi connectivity index (χ1) is 7.41. The molecule has 0 saturated carbocycles. The molecule has 0 spiro atoms. The number of carboxylic acid groups (broad SMARTS) is 1. The van der Waals surface area contributed by atoms with E-state index < -0.39 is 5.97 Å². The normalized spacial score (nSPS) is 9.88. The van der Waals surface area contributed by atoms with Gasteiger partial charge in [-0.25, -0.2) is 0 Å². The SMILES string of the molecule is CC(=O)c1csc(C(=O)N(C)CC(=O)O)c1. The van der Waals surface area contributed by atoms with Crippen molar-refractivity contribution in [3.8, 4) is 0 Å². The molecule has 0 saturated heterocycles. The third-order valence-electron chi connectivity index (χ3n) is 1.94. The van der Waals surface area contributed by atoms with Crippen LogP contribution in [0.4, 0.5) is 0 Å². The van der Waals surface area contributed by atoms with E-state index in [0.29, 0.717) is 10.4 Å². The van der Waals surface area contributed by atoms with Gasteiger partial charge in [-0.3, -0.25) is 14.4 Å². The first-order valence-electron chi connectivity index (χ1n) is 4.48. The molecule has 5 nitrogen and oxygen atoms in total. The van der Waals surface area contributed by atoms with Gasteiger partial charge in [0, 0.05) is 18.0 Å². The molecule has 1 N–H and O–H groups in total. The Kier molecular flexibility index (Phi) is 3.78. The van der Waals surface area contributed by atoms with Gasteiger partial charge in [-0.15, -0.1) is 11.3 Å². The van der Waals surface area contributed by atoms with Crippen LogP contribution in [-0.4, -0.2) is 41.3 Å². The summed E-state index contributed by atoms with van der Waals surface area (Å²) in [5.74, 6) is -1.57. The minimum atomic E-state index is -1.07. The maximum absolute atomic E-state index is 11.7. The molecule has 0 aromatic carbocycles. The van der Waals surface area contributed by atoms with Gasteiger partial charge in [-0.2, -0.15) is 0 Å². The van der Waals surface area contributed by atoms with Crippen molar-refractivity contribution >= 4 is 29.0 Å². The van der Waals surface area contributed by atoms with Gasteiger partial charge < -0.3 is 10.0 Å². The quantitative estimate of drug-likeness (QED) is 0.801. The van der Waals surface area contributed by atoms with E-state index in [4.69, 9.17) is 5.11 Å². The summed E-state index contributed by atoms with van der Waals surface area (Å²) >= 11 is 1.14. The number of carbonyl (C=O) groups excluding carboxylic acids is 2. The fourth-order valence-corrected chi connectivity index (χ4v) is 2.04. The Labute approximate surface area is 96.3 Å². The predicted molar refractivity (Wildman–Crippen MR) is 58.9 cm³/mol. The lowest BCUT2D eigenvalue weighted by Crippen LogP contribution is -2.31. The molecule has 86 valence electrons. The van der Waals surface area contributed by atoms with E-state index >= 15 is 0 Å². The molecule has 1 aromatic heterocycles. The molecule has 0 radical (unpaired) electrons. The number of rotatable bonds is 4. The van der Waals surface area contributed by atoms with Crippen molar-refractivity contribution in [1.29, 1.82) is 0 Å². The van der Waals surface area contributed by atoms with E-state index in [-0.39, 0.29) is 18.2 Å². The van der Waals surface area contributed by atoms with Crippen molar-refractivity contribution in [3.63, 3.8) is 0 Å². The highest BCUT2D eigenvalue weighted by atomic mass is 32.1. The van der Waals surface area contributed by atoms with Crippen molar-refractivity contribution < 1.29 is 19.5 Å². The van der Waals surface area contributed by atoms with E-state index in [2.05, 4.69) is 0 Å². The van der Waals surface area contributed by atoms with Crippen molar-refractivity contribution in [2.75, 3.05) is 13.6 Å². The number of nitrogens with zero attached hydrogens (tertiary/aromatic N) is 1. The molecule has 0 bridgehead atoms. The maximum atomic E-state index is 11.7. The summed E-state index contributed by atoms with van der Waals surface area (Å²) in [5.41, 5.74) is 0.470. The highest BCUT2D eigenvalue weighted by Gasteiger charge is 2.17. The maximum Gasteiger partial charge on any atom is 0.323 e. The van der Waals surface area contributed by atoms with Gasteiger partial charge in [-0.05, 0) is 13.0 Å². The van der Waals surface area contributed by atoms with Gasteiger partial charge in [0.25, 0.3) is 5.91 Å². The molecule has 0 fully saturated rings. The molecule has 6 heteroatoms. The van der Waals surface area contributed by atoms with Gasteiger partial charge in [0.2, 0.25) is 0 Å². The lowest BCUT2D eigenvalue weighted by atomic mass is 10.2. The standard InChI is InChI=1S/C10H11NO4S/c1-6(12)7-3-8(16-5-7)10(15)11(2)4-9(13)14/h3,5H,4H2,1-2H3,(H,13,14). The Morgan fingerprint density at radius 1 is 1.44 bits per heavy atom. The molecule has 0 unspecified atom stereocenters. The second-order valence-corrected chi connectivity index (χ2v) is 4.22. The number of hydrogen-bond acceptors (Lipinski definition) is 4. The molecule has 1 amide bonds. The molecular formula is C10H11NO4S. The first-order valence-corrected chi connectivity index (χ1v) is 5.36. The second kappa shape index (κ2) is 4.89. The monoisotopic (exact) mass is 241 g/mol. The molecule has 0 aliphatic rings. The van der Waals surface area contributed by atoms with E-state index in [9.17, 15) is 14.4 Å². The minimum absolute atomic E-state index is 0.115. The lowest BCUT2D eigenvalue weighted by molar-refractivity contribution is -0.137. The van der Waals surface area contributed by atoms with Crippen LogP contribution >= 0.6 is 11.3 Å². The summed E-state index contributed by atoms with van der Waals surface area (Å²) in [5, 5.41) is 10.1. The van der Waals surface area contributed by atoms with Crippen LogP contribution in [0.3, 0.4) is 0 Å². The van der Waals surface area contributed by atoms with Crippen molar-refractivity contribution in [3.05, 3.63) is 21.9 Å². The van der Waals surface area contributed by atoms with Crippen LogP contribution in [0.25, 0.3) is 0 Å². The number of ketones is 1. The fourth-order valence-electron chi connectivity index (χ4n) is 1.10. The number of likely N-dealkylation sites (N-methyl/N-ethyl adjacent to an activating group) is 1. The molecule has 1 heterocycles. The summed E-state index contributed by atoms with van der Waals surface area (Å²) in [6, 6.07) is 1.48. The number of carbonyl (C=O) groups is 3. The van der Waals surface area contributed by atoms with Crippen LogP contribution in [0.5, 0.6) is 0 Å². The number of thiophene rings is 1. The smallest absolute Gasteiger partial charge is 0.323 e. The van der Waals surface area contributed by atoms with Crippen LogP contribution in [0.2, 0.25) is 0 Å². The van der Waals surface area contributed by atoms with E-state index in [1.807, 2.05) is 0 Å². The summed E-state index contributed by atoms with van der Waals surface area (Å²) in [4.78, 5) is 34.6. The minimum Gasteiger partial charge on any atom is -0.480 e. The van der Waals surface area contributed by atoms with Crippen LogP contribution < -0.4 is 0 Å². The summed E-state index contributed by atoms with van der Waals surface area (Å²) in [6.07, 6.45) is 0. The molecule has 0 atom stereocenters. The Bertz CT molecular complexity index is 438. The summed E-state index contributed by atoms with van der Waals surface area (Å²) < 4.78 is 0. The first kappa shape index (κ1) is 12.4. The van der Waals surface area contributed by atoms with Crippen LogP contribution in [0.15, 0.2) is 11.4 Å². The molecular weight excluding hydrogens is 230 g/mol.